The van der Waals surface area contributed by atoms with Crippen molar-refractivity contribution in [3.63, 3.8) is 0 Å². The maximum Gasteiger partial charge on any atom is 0.437 e. The Morgan fingerprint density at radius 3 is 2.29 bits per heavy atom. The SMILES string of the molecule is O=[N+]([O-])c1cc(C(F)F)nc(C(F)(F)F)c1O. The number of rotatable bonds is 2. The fourth-order valence-corrected chi connectivity index (χ4v) is 0.993. The second kappa shape index (κ2) is 4.11. The minimum absolute atomic E-state index is 0.0925. The van der Waals surface area contributed by atoms with Crippen LogP contribution < -0.4 is 0 Å². The molecule has 0 atom stereocenters. The Labute approximate surface area is 89.7 Å². The smallest absolute Gasteiger partial charge is 0.437 e. The molecule has 0 radical (unpaired) electrons. The van der Waals surface area contributed by atoms with Gasteiger partial charge in [0, 0.05) is 6.07 Å². The van der Waals surface area contributed by atoms with Crippen LogP contribution in [-0.2, 0) is 6.18 Å². The van der Waals surface area contributed by atoms with E-state index >= 15 is 0 Å². The lowest BCUT2D eigenvalue weighted by molar-refractivity contribution is -0.386. The van der Waals surface area contributed by atoms with Crippen molar-refractivity contribution in [2.24, 2.45) is 0 Å². The fourth-order valence-electron chi connectivity index (χ4n) is 0.993. The zero-order valence-electron chi connectivity index (χ0n) is 7.70. The van der Waals surface area contributed by atoms with Gasteiger partial charge >= 0.3 is 11.9 Å². The first kappa shape index (κ1) is 13.1. The Bertz CT molecular complexity index is 460. The molecule has 0 aliphatic heterocycles. The summed E-state index contributed by atoms with van der Waals surface area (Å²) in [4.78, 5) is 11.3. The lowest BCUT2D eigenvalue weighted by Crippen LogP contribution is -2.11. The first-order chi connectivity index (χ1) is 7.64. The van der Waals surface area contributed by atoms with Gasteiger partial charge in [-0.05, 0) is 0 Å². The molecule has 0 aliphatic rings. The molecule has 10 heteroatoms. The highest BCUT2D eigenvalue weighted by Gasteiger charge is 2.40. The third-order valence-electron chi connectivity index (χ3n) is 1.68. The second-order valence-electron chi connectivity index (χ2n) is 2.82. The van der Waals surface area contributed by atoms with Crippen LogP contribution in [0.25, 0.3) is 0 Å². The van der Waals surface area contributed by atoms with E-state index in [9.17, 15) is 32.1 Å². The first-order valence-electron chi connectivity index (χ1n) is 3.88. The second-order valence-corrected chi connectivity index (χ2v) is 2.82. The maximum absolute atomic E-state index is 12.2. The van der Waals surface area contributed by atoms with Crippen molar-refractivity contribution in [3.8, 4) is 5.75 Å². The van der Waals surface area contributed by atoms with Crippen LogP contribution in [0.2, 0.25) is 0 Å². The van der Waals surface area contributed by atoms with E-state index < -0.39 is 40.3 Å². The zero-order valence-corrected chi connectivity index (χ0v) is 7.70. The summed E-state index contributed by atoms with van der Waals surface area (Å²) in [5.41, 5.74) is -5.01. The van der Waals surface area contributed by atoms with Gasteiger partial charge in [0.25, 0.3) is 6.43 Å². The number of aromatic nitrogens is 1. The predicted molar refractivity (Wildman–Crippen MR) is 42.5 cm³/mol. The van der Waals surface area contributed by atoms with Crippen molar-refractivity contribution < 1.29 is 32.0 Å². The summed E-state index contributed by atoms with van der Waals surface area (Å²) < 4.78 is 61.1. The van der Waals surface area contributed by atoms with Crippen LogP contribution in [0.5, 0.6) is 5.75 Å². The minimum atomic E-state index is -5.26. The number of nitrogens with zero attached hydrogens (tertiary/aromatic N) is 2. The monoisotopic (exact) mass is 258 g/mol. The molecular weight excluding hydrogens is 255 g/mol. The van der Waals surface area contributed by atoms with E-state index in [0.29, 0.717) is 0 Å². The van der Waals surface area contributed by atoms with Crippen molar-refractivity contribution >= 4 is 5.69 Å². The Kier molecular flexibility index (Phi) is 3.16. The van der Waals surface area contributed by atoms with Crippen LogP contribution in [0.4, 0.5) is 27.6 Å². The van der Waals surface area contributed by atoms with Crippen molar-refractivity contribution in [3.05, 3.63) is 27.6 Å². The summed E-state index contributed by atoms with van der Waals surface area (Å²) >= 11 is 0. The number of alkyl halides is 5. The topological polar surface area (TPSA) is 76.3 Å². The van der Waals surface area contributed by atoms with Gasteiger partial charge in [-0.3, -0.25) is 10.1 Å². The van der Waals surface area contributed by atoms with E-state index in [-0.39, 0.29) is 6.07 Å². The highest BCUT2D eigenvalue weighted by molar-refractivity contribution is 5.50. The maximum atomic E-state index is 12.2. The van der Waals surface area contributed by atoms with Crippen LogP contribution >= 0.6 is 0 Å². The molecule has 1 aromatic heterocycles. The van der Waals surface area contributed by atoms with Gasteiger partial charge < -0.3 is 5.11 Å². The molecule has 1 aromatic rings. The summed E-state index contributed by atoms with van der Waals surface area (Å²) in [6, 6.07) is 0.0925. The standard InChI is InChI=1S/C7H3F5N2O3/c8-6(9)2-1-3(14(16)17)4(15)5(13-2)7(10,11)12/h1,6,15H. The Morgan fingerprint density at radius 1 is 1.41 bits per heavy atom. The summed E-state index contributed by atoms with van der Waals surface area (Å²) in [7, 11) is 0. The molecule has 1 heterocycles. The van der Waals surface area contributed by atoms with E-state index in [1.54, 1.807) is 0 Å². The number of aromatic hydroxyl groups is 1. The van der Waals surface area contributed by atoms with E-state index in [2.05, 4.69) is 4.98 Å². The van der Waals surface area contributed by atoms with E-state index in [0.717, 1.165) is 0 Å². The molecule has 0 fully saturated rings. The number of hydrogen-bond acceptors (Lipinski definition) is 4. The Morgan fingerprint density at radius 2 is 1.94 bits per heavy atom. The van der Waals surface area contributed by atoms with Gasteiger partial charge in [-0.15, -0.1) is 0 Å². The number of hydrogen-bond donors (Lipinski definition) is 1. The van der Waals surface area contributed by atoms with Gasteiger partial charge in [0.05, 0.1) is 4.92 Å². The highest BCUT2D eigenvalue weighted by Crippen LogP contribution is 2.40. The molecule has 0 amide bonds. The van der Waals surface area contributed by atoms with Gasteiger partial charge in [-0.25, -0.2) is 13.8 Å². The summed E-state index contributed by atoms with van der Waals surface area (Å²) in [5.74, 6) is -1.79. The number of nitro groups is 1. The molecule has 0 saturated carbocycles. The van der Waals surface area contributed by atoms with Crippen molar-refractivity contribution in [2.75, 3.05) is 0 Å². The van der Waals surface area contributed by atoms with E-state index in [4.69, 9.17) is 5.11 Å². The van der Waals surface area contributed by atoms with Crippen molar-refractivity contribution in [2.45, 2.75) is 12.6 Å². The van der Waals surface area contributed by atoms with Gasteiger partial charge in [0.15, 0.2) is 5.69 Å². The number of halogens is 5. The van der Waals surface area contributed by atoms with Crippen LogP contribution in [0.15, 0.2) is 6.07 Å². The van der Waals surface area contributed by atoms with Crippen LogP contribution in [-0.4, -0.2) is 15.0 Å². The molecule has 94 valence electrons. The molecule has 0 unspecified atom stereocenters. The van der Waals surface area contributed by atoms with Crippen molar-refractivity contribution in [1.82, 2.24) is 4.98 Å². The fraction of sp³-hybridized carbons (Fsp3) is 0.286. The van der Waals surface area contributed by atoms with Gasteiger partial charge in [-0.2, -0.15) is 13.2 Å². The van der Waals surface area contributed by atoms with Crippen LogP contribution in [0.1, 0.15) is 17.8 Å². The molecule has 5 nitrogen and oxygen atoms in total. The minimum Gasteiger partial charge on any atom is -0.501 e. The van der Waals surface area contributed by atoms with Crippen LogP contribution in [0.3, 0.4) is 0 Å². The third kappa shape index (κ3) is 2.57. The Hall–Kier alpha value is -2.00. The predicted octanol–water partition coefficient (Wildman–Crippen LogP) is 2.65. The van der Waals surface area contributed by atoms with Gasteiger partial charge in [-0.1, -0.05) is 0 Å². The summed E-state index contributed by atoms with van der Waals surface area (Å²) in [6.45, 7) is 0. The van der Waals surface area contributed by atoms with Crippen LogP contribution in [0, 0.1) is 10.1 Å². The number of pyridine rings is 1. The molecule has 0 aromatic carbocycles. The van der Waals surface area contributed by atoms with E-state index in [1.807, 2.05) is 0 Å². The van der Waals surface area contributed by atoms with Gasteiger partial charge in [0.1, 0.15) is 5.69 Å². The Balaban J connectivity index is 3.55. The lowest BCUT2D eigenvalue weighted by atomic mass is 10.2. The largest absolute Gasteiger partial charge is 0.501 e. The highest BCUT2D eigenvalue weighted by atomic mass is 19.4. The zero-order chi connectivity index (χ0) is 13.4. The first-order valence-corrected chi connectivity index (χ1v) is 3.88. The molecule has 1 N–H and O–H groups in total. The summed E-state index contributed by atoms with van der Waals surface area (Å²) in [5, 5.41) is 19.2. The molecular formula is C7H3F5N2O3. The molecule has 1 rings (SSSR count). The normalized spacial score (nSPS) is 11.9. The summed E-state index contributed by atoms with van der Waals surface area (Å²) in [6.07, 6.45) is -8.69. The van der Waals surface area contributed by atoms with Gasteiger partial charge in [0.2, 0.25) is 5.75 Å². The third-order valence-corrected chi connectivity index (χ3v) is 1.68. The average Bonchev–Trinajstić information content (AvgIpc) is 2.15. The molecule has 0 aliphatic carbocycles. The van der Waals surface area contributed by atoms with Crippen molar-refractivity contribution in [1.29, 1.82) is 0 Å². The molecule has 0 saturated heterocycles. The molecule has 0 bridgehead atoms. The quantitative estimate of drug-likeness (QED) is 0.502. The van der Waals surface area contributed by atoms with E-state index in [1.165, 1.54) is 0 Å². The lowest BCUT2D eigenvalue weighted by Gasteiger charge is -2.09. The molecule has 17 heavy (non-hydrogen) atoms. The average molecular weight is 258 g/mol. The molecule has 0 spiro atoms.